The molecule has 2 nitrogen and oxygen atoms in total. The Morgan fingerprint density at radius 1 is 1.42 bits per heavy atom. The summed E-state index contributed by atoms with van der Waals surface area (Å²) in [5.41, 5.74) is 0. The van der Waals surface area contributed by atoms with Gasteiger partial charge in [-0.3, -0.25) is 4.90 Å². The van der Waals surface area contributed by atoms with Crippen LogP contribution in [0.3, 0.4) is 0 Å². The second-order valence-corrected chi connectivity index (χ2v) is 3.04. The lowest BCUT2D eigenvalue weighted by atomic mass is 9.97. The minimum absolute atomic E-state index is 0.150. The van der Waals surface area contributed by atoms with E-state index >= 15 is 0 Å². The van der Waals surface area contributed by atoms with Crippen LogP contribution >= 0.6 is 0 Å². The highest BCUT2D eigenvalue weighted by Crippen LogP contribution is 2.24. The molecule has 0 bridgehead atoms. The summed E-state index contributed by atoms with van der Waals surface area (Å²) in [7, 11) is 0. The van der Waals surface area contributed by atoms with Crippen molar-refractivity contribution in [2.24, 2.45) is 5.92 Å². The van der Waals surface area contributed by atoms with Gasteiger partial charge in [0.1, 0.15) is 0 Å². The Kier molecular flexibility index (Phi) is 2.58. The lowest BCUT2D eigenvalue weighted by Gasteiger charge is -2.38. The minimum atomic E-state index is -4.10. The van der Waals surface area contributed by atoms with Crippen molar-refractivity contribution in [3.05, 3.63) is 0 Å². The summed E-state index contributed by atoms with van der Waals surface area (Å²) in [6.07, 6.45) is -3.73. The molecule has 0 amide bonds. The van der Waals surface area contributed by atoms with E-state index < -0.39 is 12.7 Å². The van der Waals surface area contributed by atoms with Gasteiger partial charge in [-0.1, -0.05) is 0 Å². The highest BCUT2D eigenvalue weighted by atomic mass is 19.4. The molecule has 0 atom stereocenters. The van der Waals surface area contributed by atoms with Gasteiger partial charge in [0, 0.05) is 19.5 Å². The van der Waals surface area contributed by atoms with E-state index in [-0.39, 0.29) is 5.92 Å². The summed E-state index contributed by atoms with van der Waals surface area (Å²) >= 11 is 0. The van der Waals surface area contributed by atoms with Crippen molar-refractivity contribution in [1.29, 1.82) is 5.26 Å². The van der Waals surface area contributed by atoms with Gasteiger partial charge < -0.3 is 0 Å². The third-order valence-electron chi connectivity index (χ3n) is 1.82. The molecule has 0 aromatic rings. The number of nitrogens with zero attached hydrogens (tertiary/aromatic N) is 2. The zero-order valence-electron chi connectivity index (χ0n) is 6.43. The largest absolute Gasteiger partial charge is 0.401 e. The summed E-state index contributed by atoms with van der Waals surface area (Å²) in [6, 6.07) is 1.95. The number of hydrogen-bond donors (Lipinski definition) is 0. The number of halogens is 3. The molecule has 12 heavy (non-hydrogen) atoms. The average Bonchev–Trinajstić information content (AvgIpc) is 1.80. The minimum Gasteiger partial charge on any atom is -0.294 e. The molecule has 0 aromatic heterocycles. The van der Waals surface area contributed by atoms with Crippen molar-refractivity contribution in [2.75, 3.05) is 19.6 Å². The predicted molar refractivity (Wildman–Crippen MR) is 36.2 cm³/mol. The van der Waals surface area contributed by atoms with Crippen LogP contribution in [0.5, 0.6) is 0 Å². The fourth-order valence-electron chi connectivity index (χ4n) is 1.32. The quantitative estimate of drug-likeness (QED) is 0.639. The molecule has 0 aromatic carbocycles. The Hall–Kier alpha value is -0.760. The van der Waals surface area contributed by atoms with E-state index in [1.807, 2.05) is 6.07 Å². The molecule has 0 spiro atoms. The Bertz CT molecular complexity index is 188. The standard InChI is InChI=1S/C7H9F3N2/c8-7(9,10)5-12-3-6(4-12)1-2-11/h6H,1,3-5H2. The van der Waals surface area contributed by atoms with Crippen molar-refractivity contribution in [3.63, 3.8) is 0 Å². The second kappa shape index (κ2) is 3.31. The summed E-state index contributed by atoms with van der Waals surface area (Å²) in [5.74, 6) is 0.150. The molecular weight excluding hydrogens is 169 g/mol. The number of alkyl halides is 3. The van der Waals surface area contributed by atoms with E-state index in [2.05, 4.69) is 0 Å². The summed E-state index contributed by atoms with van der Waals surface area (Å²) in [6.45, 7) is -0.0188. The van der Waals surface area contributed by atoms with Crippen LogP contribution in [0.2, 0.25) is 0 Å². The van der Waals surface area contributed by atoms with Gasteiger partial charge in [-0.2, -0.15) is 18.4 Å². The molecule has 1 fully saturated rings. The molecule has 1 saturated heterocycles. The molecule has 0 N–H and O–H groups in total. The highest BCUT2D eigenvalue weighted by Gasteiger charge is 2.36. The predicted octanol–water partition coefficient (Wildman–Crippen LogP) is 1.39. The Morgan fingerprint density at radius 2 is 2.00 bits per heavy atom. The van der Waals surface area contributed by atoms with Gasteiger partial charge in [0.2, 0.25) is 0 Å². The van der Waals surface area contributed by atoms with Crippen LogP contribution in [0.25, 0.3) is 0 Å². The van der Waals surface area contributed by atoms with Gasteiger partial charge in [-0.05, 0) is 5.92 Å². The van der Waals surface area contributed by atoms with Gasteiger partial charge in [-0.15, -0.1) is 0 Å². The van der Waals surface area contributed by atoms with Gasteiger partial charge >= 0.3 is 6.18 Å². The van der Waals surface area contributed by atoms with Crippen LogP contribution in [0.4, 0.5) is 13.2 Å². The summed E-state index contributed by atoms with van der Waals surface area (Å²) in [5, 5.41) is 8.23. The van der Waals surface area contributed by atoms with Crippen molar-refractivity contribution in [3.8, 4) is 6.07 Å². The SMILES string of the molecule is N#CCC1CN(CC(F)(F)F)C1. The molecule has 0 radical (unpaired) electrons. The first-order chi connectivity index (χ1) is 5.51. The third kappa shape index (κ3) is 2.70. The maximum atomic E-state index is 11.7. The first-order valence-corrected chi connectivity index (χ1v) is 3.67. The molecule has 1 rings (SSSR count). The van der Waals surface area contributed by atoms with Crippen LogP contribution in [-0.2, 0) is 0 Å². The zero-order chi connectivity index (χ0) is 9.19. The van der Waals surface area contributed by atoms with E-state index in [1.54, 1.807) is 0 Å². The molecule has 1 aliphatic rings. The smallest absolute Gasteiger partial charge is 0.294 e. The van der Waals surface area contributed by atoms with Crippen LogP contribution in [0, 0.1) is 17.2 Å². The van der Waals surface area contributed by atoms with Gasteiger partial charge in [0.15, 0.2) is 0 Å². The highest BCUT2D eigenvalue weighted by molar-refractivity contribution is 4.87. The third-order valence-corrected chi connectivity index (χ3v) is 1.82. The zero-order valence-corrected chi connectivity index (χ0v) is 6.43. The molecular formula is C7H9F3N2. The van der Waals surface area contributed by atoms with E-state index in [1.165, 1.54) is 4.90 Å². The maximum absolute atomic E-state index is 11.7. The maximum Gasteiger partial charge on any atom is 0.401 e. The number of likely N-dealkylation sites (tertiary alicyclic amines) is 1. The number of hydrogen-bond acceptors (Lipinski definition) is 2. The number of nitriles is 1. The summed E-state index contributed by atoms with van der Waals surface area (Å²) in [4.78, 5) is 1.31. The fourth-order valence-corrected chi connectivity index (χ4v) is 1.32. The van der Waals surface area contributed by atoms with Crippen molar-refractivity contribution in [2.45, 2.75) is 12.6 Å². The second-order valence-electron chi connectivity index (χ2n) is 3.04. The van der Waals surface area contributed by atoms with E-state index in [4.69, 9.17) is 5.26 Å². The lowest BCUT2D eigenvalue weighted by Crippen LogP contribution is -2.50. The first kappa shape index (κ1) is 9.33. The van der Waals surface area contributed by atoms with E-state index in [9.17, 15) is 13.2 Å². The normalized spacial score (nSPS) is 20.2. The molecule has 1 aliphatic heterocycles. The lowest BCUT2D eigenvalue weighted by molar-refractivity contribution is -0.158. The fraction of sp³-hybridized carbons (Fsp3) is 0.857. The van der Waals surface area contributed by atoms with Crippen molar-refractivity contribution >= 4 is 0 Å². The average molecular weight is 178 g/mol. The van der Waals surface area contributed by atoms with Gasteiger partial charge in [0.25, 0.3) is 0 Å². The van der Waals surface area contributed by atoms with Crippen LogP contribution in [0.15, 0.2) is 0 Å². The Labute approximate surface area is 68.6 Å². The topological polar surface area (TPSA) is 27.0 Å². The van der Waals surface area contributed by atoms with Gasteiger partial charge in [-0.25, -0.2) is 0 Å². The Morgan fingerprint density at radius 3 is 2.42 bits per heavy atom. The first-order valence-electron chi connectivity index (χ1n) is 3.67. The monoisotopic (exact) mass is 178 g/mol. The molecule has 0 saturated carbocycles. The summed E-state index contributed by atoms with van der Waals surface area (Å²) < 4.78 is 35.2. The molecule has 5 heteroatoms. The molecule has 0 unspecified atom stereocenters. The van der Waals surface area contributed by atoms with Crippen LogP contribution in [0.1, 0.15) is 6.42 Å². The van der Waals surface area contributed by atoms with Crippen molar-refractivity contribution < 1.29 is 13.2 Å². The van der Waals surface area contributed by atoms with Crippen LogP contribution in [-0.4, -0.2) is 30.7 Å². The number of rotatable bonds is 2. The Balaban J connectivity index is 2.15. The van der Waals surface area contributed by atoms with Gasteiger partial charge in [0.05, 0.1) is 12.6 Å². The molecule has 68 valence electrons. The van der Waals surface area contributed by atoms with Crippen molar-refractivity contribution in [1.82, 2.24) is 4.90 Å². The van der Waals surface area contributed by atoms with E-state index in [0.29, 0.717) is 19.5 Å². The van der Waals surface area contributed by atoms with Crippen LogP contribution < -0.4 is 0 Å². The molecule has 1 heterocycles. The molecule has 0 aliphatic carbocycles. The van der Waals surface area contributed by atoms with E-state index in [0.717, 1.165) is 0 Å².